The lowest BCUT2D eigenvalue weighted by atomic mass is 9.69. The molecule has 1 aliphatic rings. The largest absolute Gasteiger partial charge is 0.383 e. The highest BCUT2D eigenvalue weighted by atomic mass is 35.5. The van der Waals surface area contributed by atoms with Gasteiger partial charge in [0.1, 0.15) is 12.4 Å². The van der Waals surface area contributed by atoms with Crippen LogP contribution in [-0.4, -0.2) is 17.5 Å². The Kier molecular flexibility index (Phi) is 3.41. The van der Waals surface area contributed by atoms with Crippen molar-refractivity contribution in [1.29, 1.82) is 0 Å². The molecule has 0 aromatic carbocycles. The Morgan fingerprint density at radius 2 is 2.07 bits per heavy atom. The van der Waals surface area contributed by atoms with Gasteiger partial charge >= 0.3 is 0 Å². The van der Waals surface area contributed by atoms with Gasteiger partial charge in [0.05, 0.1) is 5.03 Å². The van der Waals surface area contributed by atoms with Crippen LogP contribution in [0.5, 0.6) is 0 Å². The number of carbonyl (C=O) groups excluding carboxylic acids is 1. The molecule has 0 aromatic heterocycles. The van der Waals surface area contributed by atoms with E-state index in [2.05, 4.69) is 27.4 Å². The fraction of sp³-hybridized carbons (Fsp3) is 0.583. The summed E-state index contributed by atoms with van der Waals surface area (Å²) < 4.78 is 0. The van der Waals surface area contributed by atoms with Crippen molar-refractivity contribution in [1.82, 2.24) is 0 Å². The van der Waals surface area contributed by atoms with Gasteiger partial charge in [-0.3, -0.25) is 4.79 Å². The van der Waals surface area contributed by atoms with Crippen molar-refractivity contribution in [3.05, 3.63) is 22.8 Å². The fourth-order valence-corrected chi connectivity index (χ4v) is 2.21. The molecule has 0 heterocycles. The van der Waals surface area contributed by atoms with Crippen LogP contribution < -0.4 is 0 Å². The number of rotatable bonds is 1. The van der Waals surface area contributed by atoms with E-state index >= 15 is 0 Å². The molecule has 0 saturated carbocycles. The fourth-order valence-electron chi connectivity index (χ4n) is 1.94. The molecule has 0 saturated heterocycles. The van der Waals surface area contributed by atoms with Crippen molar-refractivity contribution in [3.63, 3.8) is 0 Å². The Labute approximate surface area is 95.6 Å². The Hall–Kier alpha value is -0.600. The Bertz CT molecular complexity index is 323. The molecule has 1 rings (SSSR count). The zero-order valence-corrected chi connectivity index (χ0v) is 10.1. The van der Waals surface area contributed by atoms with Crippen molar-refractivity contribution in [2.75, 3.05) is 0 Å². The Morgan fingerprint density at radius 3 is 2.47 bits per heavy atom. The van der Waals surface area contributed by atoms with E-state index in [4.69, 9.17) is 11.6 Å². The number of carbonyl (C=O) groups is 1. The molecule has 0 spiro atoms. The number of halogens is 1. The molecule has 1 aliphatic carbocycles. The second-order valence-electron chi connectivity index (χ2n) is 5.09. The second-order valence-corrected chi connectivity index (χ2v) is 5.50. The molecule has 3 heteroatoms. The van der Waals surface area contributed by atoms with Crippen LogP contribution in [0.3, 0.4) is 0 Å². The monoisotopic (exact) mass is 228 g/mol. The van der Waals surface area contributed by atoms with Crippen LogP contribution in [0, 0.1) is 11.3 Å². The summed E-state index contributed by atoms with van der Waals surface area (Å²) in [4.78, 5) is 10.8. The van der Waals surface area contributed by atoms with Crippen LogP contribution in [0.2, 0.25) is 0 Å². The summed E-state index contributed by atoms with van der Waals surface area (Å²) in [6.07, 6.45) is 0.420. The van der Waals surface area contributed by atoms with Gasteiger partial charge in [0.15, 0.2) is 0 Å². The average Bonchev–Trinajstić information content (AvgIpc) is 2.13. The second kappa shape index (κ2) is 4.11. The minimum atomic E-state index is -0.884. The molecule has 2 atom stereocenters. The summed E-state index contributed by atoms with van der Waals surface area (Å²) in [6.45, 7) is 10.1. The first-order valence-corrected chi connectivity index (χ1v) is 5.37. The quantitative estimate of drug-likeness (QED) is 0.554. The molecule has 2 nitrogen and oxygen atoms in total. The summed E-state index contributed by atoms with van der Waals surface area (Å²) in [5.74, 6) is 0.0928. The predicted molar refractivity (Wildman–Crippen MR) is 61.7 cm³/mol. The molecule has 2 unspecified atom stereocenters. The van der Waals surface area contributed by atoms with Crippen LogP contribution >= 0.6 is 11.6 Å². The maximum Gasteiger partial charge on any atom is 0.147 e. The van der Waals surface area contributed by atoms with Crippen LogP contribution in [-0.2, 0) is 4.79 Å². The van der Waals surface area contributed by atoms with Crippen LogP contribution in [0.15, 0.2) is 22.8 Å². The average molecular weight is 229 g/mol. The lowest BCUT2D eigenvalue weighted by molar-refractivity contribution is -0.105. The van der Waals surface area contributed by atoms with E-state index in [0.717, 1.165) is 6.29 Å². The summed E-state index contributed by atoms with van der Waals surface area (Å²) in [5.41, 5.74) is 1.18. The normalized spacial score (nSPS) is 28.2. The standard InChI is InChI=1S/C12H17ClO2/c1-7-9(12(2,3)4)5-8(6-14)10(13)11(7)15/h6,9,11,15H,1,5H2,2-4H3. The first-order valence-electron chi connectivity index (χ1n) is 4.99. The highest BCUT2D eigenvalue weighted by Gasteiger charge is 2.36. The molecule has 0 fully saturated rings. The number of hydrogen-bond donors (Lipinski definition) is 1. The third-order valence-electron chi connectivity index (χ3n) is 2.96. The van der Waals surface area contributed by atoms with E-state index in [1.165, 1.54) is 0 Å². The minimum absolute atomic E-state index is 0.0239. The van der Waals surface area contributed by atoms with Gasteiger partial charge in [-0.2, -0.15) is 0 Å². The highest BCUT2D eigenvalue weighted by molar-refractivity contribution is 6.32. The summed E-state index contributed by atoms with van der Waals surface area (Å²) in [6, 6.07) is 0. The predicted octanol–water partition coefficient (Wildman–Crippen LogP) is 2.66. The smallest absolute Gasteiger partial charge is 0.147 e. The molecule has 0 bridgehead atoms. The molecule has 0 amide bonds. The number of aliphatic hydroxyl groups excluding tert-OH is 1. The Morgan fingerprint density at radius 1 is 1.53 bits per heavy atom. The molecule has 0 aliphatic heterocycles. The summed E-state index contributed by atoms with van der Waals surface area (Å²) in [5, 5.41) is 10.1. The van der Waals surface area contributed by atoms with E-state index in [1.807, 2.05) is 0 Å². The van der Waals surface area contributed by atoms with Crippen LogP contribution in [0.25, 0.3) is 0 Å². The number of allylic oxidation sites excluding steroid dienone is 1. The number of hydrogen-bond acceptors (Lipinski definition) is 2. The lowest BCUT2D eigenvalue weighted by Gasteiger charge is -2.38. The molecule has 15 heavy (non-hydrogen) atoms. The SMILES string of the molecule is C=C1C(O)C(Cl)=C(C=O)CC1C(C)(C)C. The van der Waals surface area contributed by atoms with E-state index < -0.39 is 6.10 Å². The van der Waals surface area contributed by atoms with Crippen molar-refractivity contribution in [2.45, 2.75) is 33.3 Å². The molecular formula is C12H17ClO2. The maximum atomic E-state index is 10.8. The molecule has 84 valence electrons. The van der Waals surface area contributed by atoms with Crippen molar-refractivity contribution in [2.24, 2.45) is 11.3 Å². The molecule has 0 radical (unpaired) electrons. The van der Waals surface area contributed by atoms with Crippen molar-refractivity contribution in [3.8, 4) is 0 Å². The van der Waals surface area contributed by atoms with Gasteiger partial charge in [-0.15, -0.1) is 0 Å². The van der Waals surface area contributed by atoms with Gasteiger partial charge < -0.3 is 5.11 Å². The topological polar surface area (TPSA) is 37.3 Å². The van der Waals surface area contributed by atoms with Gasteiger partial charge in [-0.25, -0.2) is 0 Å². The van der Waals surface area contributed by atoms with Gasteiger partial charge in [-0.1, -0.05) is 39.0 Å². The van der Waals surface area contributed by atoms with Gasteiger partial charge in [0, 0.05) is 5.57 Å². The highest BCUT2D eigenvalue weighted by Crippen LogP contribution is 2.43. The first-order chi connectivity index (χ1) is 6.79. The number of aldehydes is 1. The third-order valence-corrected chi connectivity index (χ3v) is 3.41. The van der Waals surface area contributed by atoms with E-state index in [-0.39, 0.29) is 16.4 Å². The van der Waals surface area contributed by atoms with Crippen molar-refractivity contribution < 1.29 is 9.90 Å². The third kappa shape index (κ3) is 2.32. The first kappa shape index (κ1) is 12.5. The van der Waals surface area contributed by atoms with Gasteiger partial charge in [0.25, 0.3) is 0 Å². The number of aliphatic hydroxyl groups is 1. The lowest BCUT2D eigenvalue weighted by Crippen LogP contribution is -2.32. The summed E-state index contributed by atoms with van der Waals surface area (Å²) in [7, 11) is 0. The molecular weight excluding hydrogens is 212 g/mol. The van der Waals surface area contributed by atoms with Crippen LogP contribution in [0.1, 0.15) is 27.2 Å². The van der Waals surface area contributed by atoms with Gasteiger partial charge in [0.2, 0.25) is 0 Å². The van der Waals surface area contributed by atoms with Crippen molar-refractivity contribution >= 4 is 17.9 Å². The molecule has 1 N–H and O–H groups in total. The van der Waals surface area contributed by atoms with Crippen LogP contribution in [0.4, 0.5) is 0 Å². The van der Waals surface area contributed by atoms with E-state index in [0.29, 0.717) is 17.6 Å². The summed E-state index contributed by atoms with van der Waals surface area (Å²) >= 11 is 5.88. The minimum Gasteiger partial charge on any atom is -0.383 e. The maximum absolute atomic E-state index is 10.8. The van der Waals surface area contributed by atoms with Gasteiger partial charge in [-0.05, 0) is 23.3 Å². The molecule has 0 aromatic rings. The van der Waals surface area contributed by atoms with E-state index in [9.17, 15) is 9.90 Å². The van der Waals surface area contributed by atoms with E-state index in [1.54, 1.807) is 0 Å². The zero-order chi connectivity index (χ0) is 11.8. The zero-order valence-electron chi connectivity index (χ0n) is 9.38. The Balaban J connectivity index is 3.11.